The highest BCUT2D eigenvalue weighted by atomic mass is 15.2. The first-order valence-corrected chi connectivity index (χ1v) is 4.57. The Labute approximate surface area is 67.8 Å². The molecule has 2 aliphatic rings. The number of hydrogen-bond acceptors (Lipinski definition) is 2. The maximum Gasteiger partial charge on any atom is 0.0980 e. The van der Waals surface area contributed by atoms with Gasteiger partial charge >= 0.3 is 0 Å². The van der Waals surface area contributed by atoms with Gasteiger partial charge in [-0.1, -0.05) is 6.42 Å². The van der Waals surface area contributed by atoms with Crippen LogP contribution in [0.1, 0.15) is 32.1 Å². The van der Waals surface area contributed by atoms with Crippen molar-refractivity contribution in [3.63, 3.8) is 0 Å². The van der Waals surface area contributed by atoms with Crippen molar-refractivity contribution >= 4 is 0 Å². The van der Waals surface area contributed by atoms with Crippen LogP contribution in [0.3, 0.4) is 0 Å². The smallest absolute Gasteiger partial charge is 0.0980 e. The summed E-state index contributed by atoms with van der Waals surface area (Å²) in [5.74, 6) is 0. The van der Waals surface area contributed by atoms with Gasteiger partial charge in [0.05, 0.1) is 12.1 Å². The number of hydrogen-bond donors (Lipinski definition) is 0. The van der Waals surface area contributed by atoms with E-state index >= 15 is 0 Å². The zero-order chi connectivity index (χ0) is 7.68. The van der Waals surface area contributed by atoms with Crippen LogP contribution in [-0.4, -0.2) is 23.5 Å². The topological polar surface area (TPSA) is 27.0 Å². The molecule has 0 N–H and O–H groups in total. The van der Waals surface area contributed by atoms with Crippen molar-refractivity contribution in [2.24, 2.45) is 0 Å². The van der Waals surface area contributed by atoms with Crippen molar-refractivity contribution in [1.29, 1.82) is 5.26 Å². The summed E-state index contributed by atoms with van der Waals surface area (Å²) in [6.45, 7) is 1.17. The normalized spacial score (nSPS) is 38.1. The summed E-state index contributed by atoms with van der Waals surface area (Å²) in [4.78, 5) is 2.41. The summed E-state index contributed by atoms with van der Waals surface area (Å²) < 4.78 is 0. The van der Waals surface area contributed by atoms with Crippen LogP contribution in [0.5, 0.6) is 0 Å². The lowest BCUT2D eigenvalue weighted by molar-refractivity contribution is 0.173. The molecule has 2 saturated heterocycles. The van der Waals surface area contributed by atoms with E-state index in [9.17, 15) is 0 Å². The molecule has 11 heavy (non-hydrogen) atoms. The molecule has 2 heteroatoms. The Bertz CT molecular complexity index is 182. The summed E-state index contributed by atoms with van der Waals surface area (Å²) in [7, 11) is 0. The van der Waals surface area contributed by atoms with Gasteiger partial charge in [-0.15, -0.1) is 0 Å². The number of rotatable bonds is 0. The SMILES string of the molecule is N#C[C@@H]1CC[C@@H]2CCCCN21. The summed E-state index contributed by atoms with van der Waals surface area (Å²) in [6, 6.07) is 3.40. The fourth-order valence-electron chi connectivity index (χ4n) is 2.40. The third-order valence-electron chi connectivity index (χ3n) is 3.00. The second-order valence-electron chi connectivity index (χ2n) is 3.61. The molecule has 0 aliphatic carbocycles. The van der Waals surface area contributed by atoms with E-state index in [1.54, 1.807) is 0 Å². The van der Waals surface area contributed by atoms with Crippen molar-refractivity contribution in [2.75, 3.05) is 6.54 Å². The maximum atomic E-state index is 8.81. The van der Waals surface area contributed by atoms with E-state index in [1.807, 2.05) is 0 Å². The summed E-state index contributed by atoms with van der Waals surface area (Å²) in [5, 5.41) is 8.81. The number of piperidine rings is 1. The molecule has 2 heterocycles. The lowest BCUT2D eigenvalue weighted by atomic mass is 10.0. The van der Waals surface area contributed by atoms with E-state index in [2.05, 4.69) is 11.0 Å². The van der Waals surface area contributed by atoms with Crippen molar-refractivity contribution in [2.45, 2.75) is 44.2 Å². The van der Waals surface area contributed by atoms with Crippen LogP contribution < -0.4 is 0 Å². The Kier molecular flexibility index (Phi) is 1.83. The molecule has 0 bridgehead atoms. The molecular formula is C9H14N2. The molecule has 2 atom stereocenters. The monoisotopic (exact) mass is 150 g/mol. The van der Waals surface area contributed by atoms with Crippen molar-refractivity contribution in [3.05, 3.63) is 0 Å². The predicted molar refractivity (Wildman–Crippen MR) is 43.0 cm³/mol. The Morgan fingerprint density at radius 3 is 2.91 bits per heavy atom. The zero-order valence-corrected chi connectivity index (χ0v) is 6.79. The highest BCUT2D eigenvalue weighted by Gasteiger charge is 2.34. The lowest BCUT2D eigenvalue weighted by Crippen LogP contribution is -2.38. The van der Waals surface area contributed by atoms with Crippen LogP contribution in [0.4, 0.5) is 0 Å². The van der Waals surface area contributed by atoms with Crippen LogP contribution in [0, 0.1) is 11.3 Å². The van der Waals surface area contributed by atoms with Gasteiger partial charge in [0.25, 0.3) is 0 Å². The average Bonchev–Trinajstić information content (AvgIpc) is 2.47. The van der Waals surface area contributed by atoms with Gasteiger partial charge in [-0.2, -0.15) is 5.26 Å². The number of fused-ring (bicyclic) bond motifs is 1. The Morgan fingerprint density at radius 2 is 2.09 bits per heavy atom. The molecule has 0 aromatic carbocycles. The van der Waals surface area contributed by atoms with Gasteiger partial charge in [-0.05, 0) is 32.2 Å². The predicted octanol–water partition coefficient (Wildman–Crippen LogP) is 1.53. The molecule has 0 spiro atoms. The van der Waals surface area contributed by atoms with Gasteiger partial charge in [0.1, 0.15) is 0 Å². The molecule has 0 radical (unpaired) electrons. The van der Waals surface area contributed by atoms with E-state index in [-0.39, 0.29) is 6.04 Å². The van der Waals surface area contributed by atoms with Gasteiger partial charge in [0.2, 0.25) is 0 Å². The molecule has 0 aromatic heterocycles. The first kappa shape index (κ1) is 7.12. The average molecular weight is 150 g/mol. The molecule has 2 aliphatic heterocycles. The first-order chi connectivity index (χ1) is 5.42. The van der Waals surface area contributed by atoms with Crippen LogP contribution in [0.25, 0.3) is 0 Å². The minimum Gasteiger partial charge on any atom is -0.285 e. The summed E-state index contributed by atoms with van der Waals surface area (Å²) >= 11 is 0. The third kappa shape index (κ3) is 1.14. The van der Waals surface area contributed by atoms with Crippen LogP contribution in [0.2, 0.25) is 0 Å². The van der Waals surface area contributed by atoms with Gasteiger partial charge < -0.3 is 0 Å². The van der Waals surface area contributed by atoms with Gasteiger partial charge in [0.15, 0.2) is 0 Å². The van der Waals surface area contributed by atoms with Crippen molar-refractivity contribution in [3.8, 4) is 6.07 Å². The first-order valence-electron chi connectivity index (χ1n) is 4.57. The van der Waals surface area contributed by atoms with E-state index in [1.165, 1.54) is 32.2 Å². The molecule has 2 fully saturated rings. The standard InChI is InChI=1S/C9H14N2/c10-7-9-5-4-8-3-1-2-6-11(8)9/h8-9H,1-6H2/t8-,9-/m0/s1. The second-order valence-corrected chi connectivity index (χ2v) is 3.61. The molecule has 2 nitrogen and oxygen atoms in total. The summed E-state index contributed by atoms with van der Waals surface area (Å²) in [5.41, 5.74) is 0. The summed E-state index contributed by atoms with van der Waals surface area (Å²) in [6.07, 6.45) is 6.38. The molecule has 0 saturated carbocycles. The third-order valence-corrected chi connectivity index (χ3v) is 3.00. The minimum atomic E-state index is 0.250. The molecule has 2 rings (SSSR count). The molecule has 0 unspecified atom stereocenters. The fraction of sp³-hybridized carbons (Fsp3) is 0.889. The Hall–Kier alpha value is -0.550. The van der Waals surface area contributed by atoms with Gasteiger partial charge in [-0.3, -0.25) is 4.90 Å². The minimum absolute atomic E-state index is 0.250. The van der Waals surface area contributed by atoms with Crippen LogP contribution in [0.15, 0.2) is 0 Å². The van der Waals surface area contributed by atoms with Gasteiger partial charge in [0, 0.05) is 6.04 Å². The van der Waals surface area contributed by atoms with E-state index < -0.39 is 0 Å². The largest absolute Gasteiger partial charge is 0.285 e. The van der Waals surface area contributed by atoms with Crippen molar-refractivity contribution < 1.29 is 0 Å². The fourth-order valence-corrected chi connectivity index (χ4v) is 2.40. The van der Waals surface area contributed by atoms with Gasteiger partial charge in [-0.25, -0.2) is 0 Å². The number of nitriles is 1. The molecular weight excluding hydrogens is 136 g/mol. The van der Waals surface area contributed by atoms with E-state index in [0.717, 1.165) is 12.5 Å². The zero-order valence-electron chi connectivity index (χ0n) is 6.79. The molecule has 0 amide bonds. The quantitative estimate of drug-likeness (QED) is 0.523. The lowest BCUT2D eigenvalue weighted by Gasteiger charge is -2.30. The van der Waals surface area contributed by atoms with E-state index in [4.69, 9.17) is 5.26 Å². The van der Waals surface area contributed by atoms with Crippen LogP contribution in [-0.2, 0) is 0 Å². The highest BCUT2D eigenvalue weighted by molar-refractivity contribution is 5.01. The molecule has 60 valence electrons. The maximum absolute atomic E-state index is 8.81. The van der Waals surface area contributed by atoms with E-state index in [0.29, 0.717) is 0 Å². The highest BCUT2D eigenvalue weighted by Crippen LogP contribution is 2.30. The van der Waals surface area contributed by atoms with Crippen molar-refractivity contribution in [1.82, 2.24) is 4.90 Å². The number of nitrogens with zero attached hydrogens (tertiary/aromatic N) is 2. The Balaban J connectivity index is 2.05. The second kappa shape index (κ2) is 2.83. The Morgan fingerprint density at radius 1 is 1.18 bits per heavy atom. The van der Waals surface area contributed by atoms with Crippen LogP contribution >= 0.6 is 0 Å². The molecule has 0 aromatic rings.